The number of rotatable bonds is 61. The normalized spacial score (nSPS) is 12.3. The number of esters is 3. The fraction of sp³-hybridized carbons (Fsp3) is 0.841. The Balaban J connectivity index is 4.03. The third-order valence-electron chi connectivity index (χ3n) is 14.8. The number of hydrogen-bond acceptors (Lipinski definition) is 6. The molecule has 0 aromatic rings. The van der Waals surface area contributed by atoms with Crippen LogP contribution >= 0.6 is 0 Å². The molecule has 0 saturated carbocycles. The van der Waals surface area contributed by atoms with Crippen molar-refractivity contribution in [3.8, 4) is 0 Å². The number of ether oxygens (including phenoxy) is 3. The second kappa shape index (κ2) is 63.9. The molecule has 1 unspecified atom stereocenters. The van der Waals surface area contributed by atoms with Crippen LogP contribution in [0.3, 0.4) is 0 Å². The highest BCUT2D eigenvalue weighted by Crippen LogP contribution is 2.17. The van der Waals surface area contributed by atoms with E-state index in [2.05, 4.69) is 69.4 Å². The number of carbonyl (C=O) groups excluding carboxylic acids is 3. The van der Waals surface area contributed by atoms with Gasteiger partial charge in [0.05, 0.1) is 0 Å². The number of allylic oxidation sites excluding steroid dienone is 8. The second-order valence-electron chi connectivity index (χ2n) is 22.4. The SMILES string of the molecule is CCCCC/C=C\CCCCCCCC(=O)OCC(COC(=O)CCCCCCCCCCCCCCCCCCCCCCC/C=C\C/C=C\CCCCCCC)OC(=O)CCCCCCC/C=C\CCCCC. The van der Waals surface area contributed by atoms with Crippen molar-refractivity contribution in [2.75, 3.05) is 13.2 Å². The van der Waals surface area contributed by atoms with Gasteiger partial charge in [0.25, 0.3) is 0 Å². The lowest BCUT2D eigenvalue weighted by atomic mass is 10.0. The third-order valence-corrected chi connectivity index (χ3v) is 14.8. The van der Waals surface area contributed by atoms with Gasteiger partial charge in [0.2, 0.25) is 0 Å². The Morgan fingerprint density at radius 2 is 0.480 bits per heavy atom. The highest BCUT2D eigenvalue weighted by Gasteiger charge is 2.19. The quantitative estimate of drug-likeness (QED) is 0.0261. The van der Waals surface area contributed by atoms with E-state index in [-0.39, 0.29) is 31.1 Å². The van der Waals surface area contributed by atoms with Crippen molar-refractivity contribution in [2.24, 2.45) is 0 Å². The summed E-state index contributed by atoms with van der Waals surface area (Å²) in [6, 6.07) is 0. The van der Waals surface area contributed by atoms with Crippen LogP contribution in [0.25, 0.3) is 0 Å². The van der Waals surface area contributed by atoms with Crippen LogP contribution in [0, 0.1) is 0 Å². The van der Waals surface area contributed by atoms with Gasteiger partial charge in [-0.2, -0.15) is 0 Å². The molecular weight excluding hydrogens is 925 g/mol. The molecule has 0 aliphatic carbocycles. The molecule has 0 aromatic carbocycles. The standard InChI is InChI=1S/C69H126O6/c1-4-7-10-13-16-19-22-25-26-27-28-29-30-31-32-33-34-35-36-37-38-39-40-41-42-43-44-45-48-50-53-56-59-62-68(71)74-65-66(75-69(72)63-60-57-54-51-47-24-21-18-15-12-9-6-3)64-73-67(70)61-58-55-52-49-46-23-20-17-14-11-8-5-2/h17-18,20-22,25,27-28,66H,4-16,19,23-24,26,29-65H2,1-3H3/b20-17-,21-18-,25-22-,28-27-. The Bertz CT molecular complexity index is 1300. The van der Waals surface area contributed by atoms with Crippen molar-refractivity contribution >= 4 is 17.9 Å². The predicted molar refractivity (Wildman–Crippen MR) is 325 cm³/mol. The molecule has 75 heavy (non-hydrogen) atoms. The molecule has 0 heterocycles. The van der Waals surface area contributed by atoms with Crippen molar-refractivity contribution in [3.05, 3.63) is 48.6 Å². The van der Waals surface area contributed by atoms with E-state index < -0.39 is 6.10 Å². The summed E-state index contributed by atoms with van der Waals surface area (Å²) in [7, 11) is 0. The zero-order chi connectivity index (χ0) is 54.3. The van der Waals surface area contributed by atoms with Crippen LogP contribution in [0.2, 0.25) is 0 Å². The molecular formula is C69H126O6. The summed E-state index contributed by atoms with van der Waals surface area (Å²) in [6.07, 6.45) is 80.1. The fourth-order valence-corrected chi connectivity index (χ4v) is 9.76. The van der Waals surface area contributed by atoms with Gasteiger partial charge in [-0.05, 0) is 103 Å². The molecule has 0 saturated heterocycles. The summed E-state index contributed by atoms with van der Waals surface area (Å²) in [5.41, 5.74) is 0. The monoisotopic (exact) mass is 1050 g/mol. The Hall–Kier alpha value is -2.63. The van der Waals surface area contributed by atoms with Gasteiger partial charge in [-0.1, -0.05) is 281 Å². The molecule has 0 fully saturated rings. The summed E-state index contributed by atoms with van der Waals surface area (Å²) in [6.45, 7) is 6.61. The minimum Gasteiger partial charge on any atom is -0.462 e. The molecule has 6 nitrogen and oxygen atoms in total. The van der Waals surface area contributed by atoms with E-state index in [0.717, 1.165) is 83.5 Å². The van der Waals surface area contributed by atoms with Gasteiger partial charge in [0.1, 0.15) is 13.2 Å². The molecule has 0 aromatic heterocycles. The first-order chi connectivity index (χ1) is 37.0. The molecule has 0 bridgehead atoms. The van der Waals surface area contributed by atoms with E-state index in [1.807, 2.05) is 0 Å². The molecule has 1 atom stereocenters. The maximum absolute atomic E-state index is 12.8. The van der Waals surface area contributed by atoms with Crippen molar-refractivity contribution in [1.29, 1.82) is 0 Å². The molecule has 0 N–H and O–H groups in total. The smallest absolute Gasteiger partial charge is 0.306 e. The van der Waals surface area contributed by atoms with E-state index >= 15 is 0 Å². The highest BCUT2D eigenvalue weighted by molar-refractivity contribution is 5.71. The van der Waals surface area contributed by atoms with Crippen molar-refractivity contribution in [1.82, 2.24) is 0 Å². The predicted octanol–water partition coefficient (Wildman–Crippen LogP) is 22.6. The van der Waals surface area contributed by atoms with E-state index in [4.69, 9.17) is 14.2 Å². The molecule has 6 heteroatoms. The second-order valence-corrected chi connectivity index (χ2v) is 22.4. The maximum Gasteiger partial charge on any atom is 0.306 e. The third kappa shape index (κ3) is 62.1. The molecule has 0 rings (SSSR count). The average molecular weight is 1050 g/mol. The van der Waals surface area contributed by atoms with Gasteiger partial charge in [-0.15, -0.1) is 0 Å². The lowest BCUT2D eigenvalue weighted by molar-refractivity contribution is -0.167. The van der Waals surface area contributed by atoms with E-state index in [1.165, 1.54) is 231 Å². The zero-order valence-electron chi connectivity index (χ0n) is 50.3. The fourth-order valence-electron chi connectivity index (χ4n) is 9.76. The summed E-state index contributed by atoms with van der Waals surface area (Å²) >= 11 is 0. The summed E-state index contributed by atoms with van der Waals surface area (Å²) in [5.74, 6) is -0.877. The average Bonchev–Trinajstić information content (AvgIpc) is 3.41. The van der Waals surface area contributed by atoms with Crippen LogP contribution in [-0.4, -0.2) is 37.2 Å². The van der Waals surface area contributed by atoms with Gasteiger partial charge in [-0.25, -0.2) is 0 Å². The first-order valence-electron chi connectivity index (χ1n) is 33.1. The summed E-state index contributed by atoms with van der Waals surface area (Å²) in [5, 5.41) is 0. The number of hydrogen-bond donors (Lipinski definition) is 0. The largest absolute Gasteiger partial charge is 0.462 e. The van der Waals surface area contributed by atoms with Gasteiger partial charge >= 0.3 is 17.9 Å². The summed E-state index contributed by atoms with van der Waals surface area (Å²) in [4.78, 5) is 38.1. The van der Waals surface area contributed by atoms with E-state index in [0.29, 0.717) is 19.3 Å². The molecule has 0 aliphatic heterocycles. The topological polar surface area (TPSA) is 78.9 Å². The van der Waals surface area contributed by atoms with Crippen LogP contribution in [0.1, 0.15) is 355 Å². The van der Waals surface area contributed by atoms with Gasteiger partial charge in [0, 0.05) is 19.3 Å². The van der Waals surface area contributed by atoms with Crippen molar-refractivity contribution in [2.45, 2.75) is 361 Å². The summed E-state index contributed by atoms with van der Waals surface area (Å²) < 4.78 is 16.9. The molecule has 0 spiro atoms. The number of carbonyl (C=O) groups is 3. The lowest BCUT2D eigenvalue weighted by Crippen LogP contribution is -2.30. The Labute approximate surface area is 467 Å². The lowest BCUT2D eigenvalue weighted by Gasteiger charge is -2.18. The van der Waals surface area contributed by atoms with Crippen molar-refractivity contribution in [3.63, 3.8) is 0 Å². The Morgan fingerprint density at radius 3 is 0.773 bits per heavy atom. The van der Waals surface area contributed by atoms with Gasteiger partial charge < -0.3 is 14.2 Å². The molecule has 438 valence electrons. The first-order valence-corrected chi connectivity index (χ1v) is 33.1. The van der Waals surface area contributed by atoms with Crippen LogP contribution in [0.5, 0.6) is 0 Å². The van der Waals surface area contributed by atoms with Crippen LogP contribution < -0.4 is 0 Å². The van der Waals surface area contributed by atoms with E-state index in [1.54, 1.807) is 0 Å². The van der Waals surface area contributed by atoms with Crippen molar-refractivity contribution < 1.29 is 28.6 Å². The number of unbranched alkanes of at least 4 members (excludes halogenated alkanes) is 42. The van der Waals surface area contributed by atoms with Crippen LogP contribution in [-0.2, 0) is 28.6 Å². The van der Waals surface area contributed by atoms with Crippen LogP contribution in [0.4, 0.5) is 0 Å². The maximum atomic E-state index is 12.8. The molecule has 0 aliphatic rings. The van der Waals surface area contributed by atoms with E-state index in [9.17, 15) is 14.4 Å². The minimum atomic E-state index is -0.778. The van der Waals surface area contributed by atoms with Gasteiger partial charge in [-0.3, -0.25) is 14.4 Å². The molecule has 0 amide bonds. The zero-order valence-corrected chi connectivity index (χ0v) is 50.3. The Morgan fingerprint density at radius 1 is 0.267 bits per heavy atom. The molecule has 0 radical (unpaired) electrons. The minimum absolute atomic E-state index is 0.0753. The van der Waals surface area contributed by atoms with Crippen LogP contribution in [0.15, 0.2) is 48.6 Å². The first kappa shape index (κ1) is 72.4. The Kier molecular flexibility index (Phi) is 61.7. The highest BCUT2D eigenvalue weighted by atomic mass is 16.6. The van der Waals surface area contributed by atoms with Gasteiger partial charge in [0.15, 0.2) is 6.10 Å².